The lowest BCUT2D eigenvalue weighted by Crippen LogP contribution is -2.34. The summed E-state index contributed by atoms with van der Waals surface area (Å²) < 4.78 is 2.06. The molecule has 1 aliphatic rings. The van der Waals surface area contributed by atoms with Gasteiger partial charge >= 0.3 is 0 Å². The molecule has 0 amide bonds. The highest BCUT2D eigenvalue weighted by Crippen LogP contribution is 2.18. The minimum Gasteiger partial charge on any atom is -0.337 e. The van der Waals surface area contributed by atoms with E-state index in [1.807, 2.05) is 19.6 Å². The zero-order valence-electron chi connectivity index (χ0n) is 7.45. The summed E-state index contributed by atoms with van der Waals surface area (Å²) in [6, 6.07) is 0.764. The Hall–Kier alpha value is -0.830. The van der Waals surface area contributed by atoms with E-state index in [0.29, 0.717) is 0 Å². The van der Waals surface area contributed by atoms with Gasteiger partial charge in [0.1, 0.15) is 0 Å². The average molecular weight is 165 g/mol. The van der Waals surface area contributed by atoms with Crippen LogP contribution in [0.5, 0.6) is 0 Å². The van der Waals surface area contributed by atoms with Crippen molar-refractivity contribution in [2.75, 3.05) is 0 Å². The van der Waals surface area contributed by atoms with Crippen LogP contribution in [0.4, 0.5) is 0 Å². The first-order valence-electron chi connectivity index (χ1n) is 4.55. The van der Waals surface area contributed by atoms with Crippen LogP contribution in [0.2, 0.25) is 0 Å². The summed E-state index contributed by atoms with van der Waals surface area (Å²) in [6.07, 6.45) is 7.85. The molecule has 1 N–H and O–H groups in total. The summed E-state index contributed by atoms with van der Waals surface area (Å²) in [5, 5.41) is 3.50. The van der Waals surface area contributed by atoms with Gasteiger partial charge in [0, 0.05) is 25.8 Å². The van der Waals surface area contributed by atoms with E-state index in [-0.39, 0.29) is 0 Å². The normalized spacial score (nSPS) is 17.8. The van der Waals surface area contributed by atoms with Gasteiger partial charge in [-0.1, -0.05) is 6.42 Å². The van der Waals surface area contributed by atoms with Crippen LogP contribution in [0.3, 0.4) is 0 Å². The molecule has 12 heavy (non-hydrogen) atoms. The quantitative estimate of drug-likeness (QED) is 0.726. The highest BCUT2D eigenvalue weighted by atomic mass is 15.1. The van der Waals surface area contributed by atoms with E-state index < -0.39 is 0 Å². The van der Waals surface area contributed by atoms with E-state index in [0.717, 1.165) is 12.6 Å². The van der Waals surface area contributed by atoms with E-state index in [1.54, 1.807) is 0 Å². The topological polar surface area (TPSA) is 29.9 Å². The van der Waals surface area contributed by atoms with Crippen LogP contribution in [0.15, 0.2) is 12.5 Å². The molecule has 1 aromatic rings. The minimum absolute atomic E-state index is 0.764. The molecule has 1 heterocycles. The van der Waals surface area contributed by atoms with Crippen LogP contribution in [0.25, 0.3) is 0 Å². The maximum absolute atomic E-state index is 4.07. The number of rotatable bonds is 3. The van der Waals surface area contributed by atoms with Crippen molar-refractivity contribution in [3.63, 3.8) is 0 Å². The van der Waals surface area contributed by atoms with Gasteiger partial charge in [-0.25, -0.2) is 4.98 Å². The third kappa shape index (κ3) is 1.50. The summed E-state index contributed by atoms with van der Waals surface area (Å²) in [7, 11) is 2.03. The Bertz CT molecular complexity index is 250. The molecule has 0 saturated heterocycles. The predicted octanol–water partition coefficient (Wildman–Crippen LogP) is 1.06. The SMILES string of the molecule is Cn1cncc1CNC1CCC1. The van der Waals surface area contributed by atoms with Crippen LogP contribution in [-0.2, 0) is 13.6 Å². The van der Waals surface area contributed by atoms with Gasteiger partial charge in [-0.05, 0) is 12.8 Å². The molecule has 1 fully saturated rings. The molecule has 3 heteroatoms. The van der Waals surface area contributed by atoms with Crippen molar-refractivity contribution in [2.45, 2.75) is 31.8 Å². The van der Waals surface area contributed by atoms with Gasteiger partial charge in [0.25, 0.3) is 0 Å². The number of nitrogens with zero attached hydrogens (tertiary/aromatic N) is 2. The molecule has 66 valence electrons. The number of nitrogens with one attached hydrogen (secondary N) is 1. The van der Waals surface area contributed by atoms with Crippen LogP contribution >= 0.6 is 0 Å². The van der Waals surface area contributed by atoms with Crippen molar-refractivity contribution in [1.29, 1.82) is 0 Å². The van der Waals surface area contributed by atoms with Gasteiger partial charge in [-0.3, -0.25) is 0 Å². The van der Waals surface area contributed by atoms with E-state index in [4.69, 9.17) is 0 Å². The van der Waals surface area contributed by atoms with Gasteiger partial charge in [-0.2, -0.15) is 0 Å². The second-order valence-electron chi connectivity index (χ2n) is 3.50. The number of hydrogen-bond acceptors (Lipinski definition) is 2. The van der Waals surface area contributed by atoms with Gasteiger partial charge in [-0.15, -0.1) is 0 Å². The van der Waals surface area contributed by atoms with Crippen LogP contribution < -0.4 is 5.32 Å². The molecular formula is C9H15N3. The van der Waals surface area contributed by atoms with Crippen molar-refractivity contribution >= 4 is 0 Å². The summed E-state index contributed by atoms with van der Waals surface area (Å²) in [4.78, 5) is 4.07. The Morgan fingerprint density at radius 1 is 1.67 bits per heavy atom. The van der Waals surface area contributed by atoms with E-state index in [2.05, 4.69) is 14.9 Å². The Morgan fingerprint density at radius 2 is 2.50 bits per heavy atom. The highest BCUT2D eigenvalue weighted by molar-refractivity contribution is 4.97. The van der Waals surface area contributed by atoms with Crippen molar-refractivity contribution in [1.82, 2.24) is 14.9 Å². The Morgan fingerprint density at radius 3 is 3.00 bits per heavy atom. The van der Waals surface area contributed by atoms with Gasteiger partial charge in [0.2, 0.25) is 0 Å². The van der Waals surface area contributed by atoms with Gasteiger partial charge in [0.15, 0.2) is 0 Å². The van der Waals surface area contributed by atoms with E-state index in [9.17, 15) is 0 Å². The molecule has 3 nitrogen and oxygen atoms in total. The van der Waals surface area contributed by atoms with Crippen molar-refractivity contribution < 1.29 is 0 Å². The van der Waals surface area contributed by atoms with Gasteiger partial charge < -0.3 is 9.88 Å². The van der Waals surface area contributed by atoms with E-state index >= 15 is 0 Å². The number of imidazole rings is 1. The maximum atomic E-state index is 4.07. The molecule has 2 rings (SSSR count). The smallest absolute Gasteiger partial charge is 0.0945 e. The Balaban J connectivity index is 1.82. The van der Waals surface area contributed by atoms with Crippen LogP contribution in [-0.4, -0.2) is 15.6 Å². The fraction of sp³-hybridized carbons (Fsp3) is 0.667. The fourth-order valence-electron chi connectivity index (χ4n) is 1.42. The zero-order valence-corrected chi connectivity index (χ0v) is 7.45. The second-order valence-corrected chi connectivity index (χ2v) is 3.50. The predicted molar refractivity (Wildman–Crippen MR) is 47.7 cm³/mol. The molecule has 0 bridgehead atoms. The van der Waals surface area contributed by atoms with Crippen molar-refractivity contribution in [3.05, 3.63) is 18.2 Å². The van der Waals surface area contributed by atoms with Crippen molar-refractivity contribution in [2.24, 2.45) is 7.05 Å². The molecule has 0 radical (unpaired) electrons. The monoisotopic (exact) mass is 165 g/mol. The average Bonchev–Trinajstić information content (AvgIpc) is 2.33. The lowest BCUT2D eigenvalue weighted by Gasteiger charge is -2.26. The Labute approximate surface area is 72.8 Å². The Kier molecular flexibility index (Phi) is 2.13. The van der Waals surface area contributed by atoms with Crippen LogP contribution in [0, 0.1) is 0 Å². The lowest BCUT2D eigenvalue weighted by atomic mass is 9.93. The third-order valence-electron chi connectivity index (χ3n) is 2.59. The number of aromatic nitrogens is 2. The highest BCUT2D eigenvalue weighted by Gasteiger charge is 2.16. The summed E-state index contributed by atoms with van der Waals surface area (Å²) in [5.74, 6) is 0. The maximum Gasteiger partial charge on any atom is 0.0945 e. The molecule has 0 spiro atoms. The molecule has 0 unspecified atom stereocenters. The molecule has 0 aliphatic heterocycles. The lowest BCUT2D eigenvalue weighted by molar-refractivity contribution is 0.335. The largest absolute Gasteiger partial charge is 0.337 e. The first-order chi connectivity index (χ1) is 5.86. The molecule has 1 aromatic heterocycles. The number of aryl methyl sites for hydroxylation is 1. The molecule has 0 aromatic carbocycles. The first-order valence-corrected chi connectivity index (χ1v) is 4.55. The molecule has 0 atom stereocenters. The first kappa shape index (κ1) is 7.80. The standard InChI is InChI=1S/C9H15N3/c1-12-7-10-5-9(12)6-11-8-3-2-4-8/h5,7-8,11H,2-4,6H2,1H3. The summed E-state index contributed by atoms with van der Waals surface area (Å²) in [5.41, 5.74) is 1.27. The summed E-state index contributed by atoms with van der Waals surface area (Å²) >= 11 is 0. The molecule has 1 saturated carbocycles. The second kappa shape index (κ2) is 3.27. The third-order valence-corrected chi connectivity index (χ3v) is 2.59. The zero-order chi connectivity index (χ0) is 8.39. The van der Waals surface area contributed by atoms with Crippen molar-refractivity contribution in [3.8, 4) is 0 Å². The van der Waals surface area contributed by atoms with Gasteiger partial charge in [0.05, 0.1) is 12.0 Å². The number of hydrogen-bond donors (Lipinski definition) is 1. The van der Waals surface area contributed by atoms with Crippen LogP contribution in [0.1, 0.15) is 25.0 Å². The summed E-state index contributed by atoms with van der Waals surface area (Å²) in [6.45, 7) is 0.959. The fourth-order valence-corrected chi connectivity index (χ4v) is 1.42. The minimum atomic E-state index is 0.764. The molecular weight excluding hydrogens is 150 g/mol. The molecule has 1 aliphatic carbocycles. The van der Waals surface area contributed by atoms with E-state index in [1.165, 1.54) is 25.0 Å².